The Labute approximate surface area is 137 Å². The van der Waals surface area contributed by atoms with Gasteiger partial charge in [0.15, 0.2) is 8.32 Å². The Bertz CT molecular complexity index is 477. The third-order valence-corrected chi connectivity index (χ3v) is 9.72. The fourth-order valence-corrected chi connectivity index (χ4v) is 3.38. The van der Waals surface area contributed by atoms with E-state index in [4.69, 9.17) is 9.16 Å². The van der Waals surface area contributed by atoms with Crippen molar-refractivity contribution in [1.29, 1.82) is 0 Å². The van der Waals surface area contributed by atoms with Gasteiger partial charge >= 0.3 is 0 Å². The molecular weight excluding hydrogens is 348 g/mol. The minimum atomic E-state index is -1.74. The van der Waals surface area contributed by atoms with Crippen molar-refractivity contribution in [3.05, 3.63) is 16.4 Å². The van der Waals surface area contributed by atoms with E-state index in [9.17, 15) is 0 Å². The fourth-order valence-electron chi connectivity index (χ4n) is 2.05. The molecule has 21 heavy (non-hydrogen) atoms. The number of aromatic nitrogens is 2. The second kappa shape index (κ2) is 6.52. The van der Waals surface area contributed by atoms with E-state index in [1.165, 1.54) is 6.42 Å². The molecule has 4 nitrogen and oxygen atoms in total. The molecular formula is C15H27BrN2O2Si. The molecule has 0 N–H and O–H groups in total. The first-order valence-corrected chi connectivity index (χ1v) is 11.4. The molecule has 0 saturated carbocycles. The zero-order valence-electron chi connectivity index (χ0n) is 13.8. The number of hydrogen-bond acceptors (Lipinski definition) is 3. The van der Waals surface area contributed by atoms with Gasteiger partial charge in [-0.3, -0.25) is 0 Å². The Hall–Kier alpha value is -0.173. The lowest BCUT2D eigenvalue weighted by atomic mass is 10.2. The van der Waals surface area contributed by atoms with Crippen LogP contribution in [0.1, 0.15) is 52.0 Å². The van der Waals surface area contributed by atoms with Crippen LogP contribution in [0.3, 0.4) is 0 Å². The van der Waals surface area contributed by atoms with Crippen LogP contribution >= 0.6 is 15.9 Å². The monoisotopic (exact) mass is 374 g/mol. The fraction of sp³-hybridized carbons (Fsp3) is 0.800. The quantitative estimate of drug-likeness (QED) is 0.705. The molecule has 6 heteroatoms. The van der Waals surface area contributed by atoms with Crippen molar-refractivity contribution in [3.63, 3.8) is 0 Å². The molecule has 1 unspecified atom stereocenters. The van der Waals surface area contributed by atoms with Gasteiger partial charge in [-0.2, -0.15) is 5.10 Å². The van der Waals surface area contributed by atoms with Gasteiger partial charge in [-0.15, -0.1) is 0 Å². The number of halogens is 1. The molecule has 2 rings (SSSR count). The Morgan fingerprint density at radius 2 is 2.14 bits per heavy atom. The van der Waals surface area contributed by atoms with Gasteiger partial charge in [-0.1, -0.05) is 20.8 Å². The molecule has 1 fully saturated rings. The van der Waals surface area contributed by atoms with Crippen molar-refractivity contribution in [2.24, 2.45) is 0 Å². The number of rotatable bonds is 4. The van der Waals surface area contributed by atoms with Crippen LogP contribution < -0.4 is 0 Å². The van der Waals surface area contributed by atoms with E-state index in [0.29, 0.717) is 6.61 Å². The molecule has 1 atom stereocenters. The highest BCUT2D eigenvalue weighted by Crippen LogP contribution is 2.37. The Kier molecular flexibility index (Phi) is 5.34. The first kappa shape index (κ1) is 17.2. The minimum absolute atomic E-state index is 0.0803. The van der Waals surface area contributed by atoms with Crippen molar-refractivity contribution in [3.8, 4) is 0 Å². The number of ether oxygens (including phenoxy) is 1. The van der Waals surface area contributed by atoms with Gasteiger partial charge in [0.25, 0.3) is 0 Å². The number of nitrogens with zero attached hydrogens (tertiary/aromatic N) is 2. The average molecular weight is 375 g/mol. The molecule has 0 aliphatic carbocycles. The van der Waals surface area contributed by atoms with E-state index >= 15 is 0 Å². The summed E-state index contributed by atoms with van der Waals surface area (Å²) in [6.07, 6.45) is 5.49. The highest BCUT2D eigenvalue weighted by Gasteiger charge is 2.37. The van der Waals surface area contributed by atoms with E-state index in [1.54, 1.807) is 0 Å². The lowest BCUT2D eigenvalue weighted by molar-refractivity contribution is -0.0398. The third kappa shape index (κ3) is 4.18. The van der Waals surface area contributed by atoms with Crippen LogP contribution in [0.25, 0.3) is 0 Å². The molecule has 2 heterocycles. The van der Waals surface area contributed by atoms with Gasteiger partial charge in [-0.05, 0) is 53.3 Å². The van der Waals surface area contributed by atoms with Gasteiger partial charge in [-0.25, -0.2) is 4.68 Å². The molecule has 0 radical (unpaired) electrons. The van der Waals surface area contributed by atoms with Crippen LogP contribution in [-0.4, -0.2) is 24.7 Å². The maximum atomic E-state index is 6.25. The van der Waals surface area contributed by atoms with Gasteiger partial charge < -0.3 is 9.16 Å². The zero-order valence-corrected chi connectivity index (χ0v) is 16.4. The van der Waals surface area contributed by atoms with Gasteiger partial charge in [0.1, 0.15) is 11.9 Å². The zero-order chi connectivity index (χ0) is 15.7. The molecule has 1 aliphatic rings. The molecule has 0 spiro atoms. The predicted molar refractivity (Wildman–Crippen MR) is 90.8 cm³/mol. The average Bonchev–Trinajstić information content (AvgIpc) is 2.78. The van der Waals surface area contributed by atoms with Gasteiger partial charge in [0.05, 0.1) is 11.1 Å². The normalized spacial score (nSPS) is 20.8. The summed E-state index contributed by atoms with van der Waals surface area (Å²) >= 11 is 3.60. The predicted octanol–water partition coefficient (Wildman–Crippen LogP) is 4.87. The van der Waals surface area contributed by atoms with E-state index in [2.05, 4.69) is 54.9 Å². The topological polar surface area (TPSA) is 36.3 Å². The van der Waals surface area contributed by atoms with E-state index < -0.39 is 8.32 Å². The van der Waals surface area contributed by atoms with Crippen LogP contribution in [0.15, 0.2) is 10.7 Å². The molecule has 1 aliphatic heterocycles. The van der Waals surface area contributed by atoms with Crippen LogP contribution in [0.2, 0.25) is 18.1 Å². The van der Waals surface area contributed by atoms with Crippen LogP contribution in [0.5, 0.6) is 0 Å². The standard InChI is InChI=1S/C15H27BrN2O2Si/c1-15(2,3)21(4,5)20-11-13-12(16)10-18(17-13)14-8-6-7-9-19-14/h10,14H,6-9,11H2,1-5H3. The SMILES string of the molecule is CC(C)(C)[Si](C)(C)OCc1nn(C2CCCCO2)cc1Br. The lowest BCUT2D eigenvalue weighted by Crippen LogP contribution is -2.40. The van der Waals surface area contributed by atoms with Gasteiger partial charge in [0, 0.05) is 12.8 Å². The van der Waals surface area contributed by atoms with Crippen molar-refractivity contribution in [1.82, 2.24) is 9.78 Å². The van der Waals surface area contributed by atoms with E-state index in [1.807, 2.05) is 10.9 Å². The highest BCUT2D eigenvalue weighted by atomic mass is 79.9. The Morgan fingerprint density at radius 1 is 1.43 bits per heavy atom. The summed E-state index contributed by atoms with van der Waals surface area (Å²) in [7, 11) is -1.74. The minimum Gasteiger partial charge on any atom is -0.411 e. The summed E-state index contributed by atoms with van der Waals surface area (Å²) in [6.45, 7) is 12.7. The molecule has 0 bridgehead atoms. The Morgan fingerprint density at radius 3 is 2.71 bits per heavy atom. The summed E-state index contributed by atoms with van der Waals surface area (Å²) in [5.41, 5.74) is 0.967. The van der Waals surface area contributed by atoms with Crippen LogP contribution in [0, 0.1) is 0 Å². The van der Waals surface area contributed by atoms with E-state index in [-0.39, 0.29) is 11.3 Å². The summed E-state index contributed by atoms with van der Waals surface area (Å²) in [6, 6.07) is 0. The first-order valence-electron chi connectivity index (χ1n) is 7.70. The molecule has 1 aromatic rings. The second-order valence-electron chi connectivity index (χ2n) is 7.27. The molecule has 1 saturated heterocycles. The second-order valence-corrected chi connectivity index (χ2v) is 12.9. The van der Waals surface area contributed by atoms with Crippen molar-refractivity contribution >= 4 is 24.2 Å². The number of hydrogen-bond donors (Lipinski definition) is 0. The van der Waals surface area contributed by atoms with Gasteiger partial charge in [0.2, 0.25) is 0 Å². The molecule has 1 aromatic heterocycles. The first-order chi connectivity index (χ1) is 9.71. The summed E-state index contributed by atoms with van der Waals surface area (Å²) < 4.78 is 15.0. The van der Waals surface area contributed by atoms with E-state index in [0.717, 1.165) is 29.6 Å². The lowest BCUT2D eigenvalue weighted by Gasteiger charge is -2.35. The van der Waals surface area contributed by atoms with Crippen LogP contribution in [-0.2, 0) is 15.8 Å². The molecule has 0 amide bonds. The Balaban J connectivity index is 2.03. The third-order valence-electron chi connectivity index (χ3n) is 4.58. The largest absolute Gasteiger partial charge is 0.411 e. The van der Waals surface area contributed by atoms with Crippen molar-refractivity contribution in [2.45, 2.75) is 71.0 Å². The summed E-state index contributed by atoms with van der Waals surface area (Å²) in [5, 5.41) is 4.88. The summed E-state index contributed by atoms with van der Waals surface area (Å²) in [5.74, 6) is 0. The maximum absolute atomic E-state index is 6.25. The summed E-state index contributed by atoms with van der Waals surface area (Å²) in [4.78, 5) is 0. The van der Waals surface area contributed by atoms with Crippen LogP contribution in [0.4, 0.5) is 0 Å². The van der Waals surface area contributed by atoms with Crippen molar-refractivity contribution < 1.29 is 9.16 Å². The maximum Gasteiger partial charge on any atom is 0.192 e. The molecule has 120 valence electrons. The smallest absolute Gasteiger partial charge is 0.192 e. The highest BCUT2D eigenvalue weighted by molar-refractivity contribution is 9.10. The van der Waals surface area contributed by atoms with Crippen molar-refractivity contribution in [2.75, 3.05) is 6.61 Å². The molecule has 0 aromatic carbocycles.